The fourth-order valence-corrected chi connectivity index (χ4v) is 1.92. The molecule has 1 aromatic carbocycles. The van der Waals surface area contributed by atoms with Gasteiger partial charge in [0.05, 0.1) is 0 Å². The Bertz CT molecular complexity index is 382. The molecule has 0 radical (unpaired) electrons. The van der Waals surface area contributed by atoms with E-state index in [2.05, 4.69) is 18.3 Å². The lowest BCUT2D eigenvalue weighted by atomic mass is 10.0. The Hall–Kier alpha value is -1.15. The number of likely N-dealkylation sites (N-methyl/N-ethyl adjacent to an activating group) is 1. The van der Waals surface area contributed by atoms with Gasteiger partial charge in [0.25, 0.3) is 0 Å². The Morgan fingerprint density at radius 2 is 2.21 bits per heavy atom. The maximum Gasteiger partial charge on any atom is 0.127 e. The largest absolute Gasteiger partial charge is 0.313 e. The molecule has 1 aliphatic carbocycles. The van der Waals surface area contributed by atoms with Gasteiger partial charge in [-0.1, -0.05) is 18.2 Å². The molecule has 0 aromatic heterocycles. The van der Waals surface area contributed by atoms with E-state index in [4.69, 9.17) is 0 Å². The summed E-state index contributed by atoms with van der Waals surface area (Å²) >= 11 is 0. The third kappa shape index (κ3) is 1.36. The van der Waals surface area contributed by atoms with E-state index in [9.17, 15) is 4.39 Å². The predicted octanol–water partition coefficient (Wildman–Crippen LogP) is 2.37. The number of nitrogens with one attached hydrogen (secondary N) is 1. The first-order valence-corrected chi connectivity index (χ1v) is 4.89. The molecule has 0 bridgehead atoms. The smallest absolute Gasteiger partial charge is 0.127 e. The van der Waals surface area contributed by atoms with Crippen molar-refractivity contribution in [2.24, 2.45) is 0 Å². The van der Waals surface area contributed by atoms with E-state index in [0.29, 0.717) is 0 Å². The van der Waals surface area contributed by atoms with Gasteiger partial charge in [0.2, 0.25) is 0 Å². The Labute approximate surface area is 83.6 Å². The Balaban J connectivity index is 2.42. The summed E-state index contributed by atoms with van der Waals surface area (Å²) in [5.41, 5.74) is 3.11. The van der Waals surface area contributed by atoms with Crippen LogP contribution >= 0.6 is 0 Å². The zero-order chi connectivity index (χ0) is 10.1. The first kappa shape index (κ1) is 9.41. The van der Waals surface area contributed by atoms with Crippen LogP contribution in [-0.2, 0) is 6.42 Å². The van der Waals surface area contributed by atoms with Crippen LogP contribution in [0.15, 0.2) is 24.3 Å². The van der Waals surface area contributed by atoms with Crippen LogP contribution in [0.4, 0.5) is 4.39 Å². The van der Waals surface area contributed by atoms with Crippen molar-refractivity contribution in [3.8, 4) is 0 Å². The van der Waals surface area contributed by atoms with Crippen LogP contribution < -0.4 is 5.32 Å². The molecule has 1 nitrogen and oxygen atoms in total. The maximum atomic E-state index is 13.4. The van der Waals surface area contributed by atoms with Crippen LogP contribution in [0, 0.1) is 5.82 Å². The maximum absolute atomic E-state index is 13.4. The molecule has 0 spiro atoms. The average Bonchev–Trinajstić information content (AvgIpc) is 2.62. The molecule has 0 saturated carbocycles. The van der Waals surface area contributed by atoms with Crippen LogP contribution in [0.25, 0.3) is 5.57 Å². The number of hydrogen-bond donors (Lipinski definition) is 1. The predicted molar refractivity (Wildman–Crippen MR) is 56.6 cm³/mol. The lowest BCUT2D eigenvalue weighted by Crippen LogP contribution is -2.22. The summed E-state index contributed by atoms with van der Waals surface area (Å²) in [5.74, 6) is -0.0861. The van der Waals surface area contributed by atoms with E-state index >= 15 is 0 Å². The van der Waals surface area contributed by atoms with Crippen molar-refractivity contribution < 1.29 is 4.39 Å². The van der Waals surface area contributed by atoms with Gasteiger partial charge in [0.1, 0.15) is 5.82 Å². The third-order valence-electron chi connectivity index (χ3n) is 2.86. The molecule has 2 rings (SSSR count). The lowest BCUT2D eigenvalue weighted by molar-refractivity contribution is 0.615. The van der Waals surface area contributed by atoms with E-state index in [1.54, 1.807) is 6.07 Å². The summed E-state index contributed by atoms with van der Waals surface area (Å²) in [6.07, 6.45) is 2.83. The Morgan fingerprint density at radius 3 is 2.93 bits per heavy atom. The van der Waals surface area contributed by atoms with Crippen LogP contribution in [0.5, 0.6) is 0 Å². The summed E-state index contributed by atoms with van der Waals surface area (Å²) in [6.45, 7) is 2.09. The van der Waals surface area contributed by atoms with E-state index < -0.39 is 0 Å². The summed E-state index contributed by atoms with van der Waals surface area (Å²) in [7, 11) is 1.92. The number of halogens is 1. The Morgan fingerprint density at radius 1 is 1.43 bits per heavy atom. The first-order chi connectivity index (χ1) is 6.74. The fraction of sp³-hybridized carbons (Fsp3) is 0.333. The minimum Gasteiger partial charge on any atom is -0.313 e. The minimum atomic E-state index is -0.0861. The van der Waals surface area contributed by atoms with Crippen molar-refractivity contribution in [2.45, 2.75) is 19.4 Å². The first-order valence-electron chi connectivity index (χ1n) is 4.89. The van der Waals surface area contributed by atoms with Crippen molar-refractivity contribution in [3.63, 3.8) is 0 Å². The number of benzene rings is 1. The SMILES string of the molecule is CNC(C)C1=CCc2c(F)cccc21. The molecule has 14 heavy (non-hydrogen) atoms. The van der Waals surface area contributed by atoms with Gasteiger partial charge in [-0.05, 0) is 43.2 Å². The molecule has 1 unspecified atom stereocenters. The van der Waals surface area contributed by atoms with Crippen LogP contribution in [0.3, 0.4) is 0 Å². The van der Waals surface area contributed by atoms with Gasteiger partial charge in [-0.3, -0.25) is 0 Å². The molecule has 1 aliphatic rings. The van der Waals surface area contributed by atoms with Gasteiger partial charge in [-0.15, -0.1) is 0 Å². The highest BCUT2D eigenvalue weighted by atomic mass is 19.1. The van der Waals surface area contributed by atoms with E-state index in [1.165, 1.54) is 11.6 Å². The number of rotatable bonds is 2. The summed E-state index contributed by atoms with van der Waals surface area (Å²) < 4.78 is 13.4. The van der Waals surface area contributed by atoms with Gasteiger partial charge in [0.15, 0.2) is 0 Å². The van der Waals surface area contributed by atoms with Crippen molar-refractivity contribution in [3.05, 3.63) is 41.2 Å². The van der Waals surface area contributed by atoms with Gasteiger partial charge in [-0.25, -0.2) is 4.39 Å². The topological polar surface area (TPSA) is 12.0 Å². The molecule has 74 valence electrons. The molecule has 0 fully saturated rings. The minimum absolute atomic E-state index is 0.0861. The summed E-state index contributed by atoms with van der Waals surface area (Å²) in [5, 5.41) is 3.18. The summed E-state index contributed by atoms with van der Waals surface area (Å²) in [4.78, 5) is 0. The highest BCUT2D eigenvalue weighted by Crippen LogP contribution is 2.31. The van der Waals surface area contributed by atoms with E-state index in [0.717, 1.165) is 17.5 Å². The molecular formula is C12H14FN. The second-order valence-electron chi connectivity index (χ2n) is 3.64. The molecule has 1 atom stereocenters. The average molecular weight is 191 g/mol. The van der Waals surface area contributed by atoms with E-state index in [-0.39, 0.29) is 11.9 Å². The van der Waals surface area contributed by atoms with Crippen molar-refractivity contribution in [1.82, 2.24) is 5.32 Å². The van der Waals surface area contributed by atoms with E-state index in [1.807, 2.05) is 13.1 Å². The number of hydrogen-bond acceptors (Lipinski definition) is 1. The van der Waals surface area contributed by atoms with Crippen molar-refractivity contribution in [2.75, 3.05) is 7.05 Å². The van der Waals surface area contributed by atoms with Crippen LogP contribution in [-0.4, -0.2) is 13.1 Å². The van der Waals surface area contributed by atoms with Gasteiger partial charge < -0.3 is 5.32 Å². The zero-order valence-electron chi connectivity index (χ0n) is 8.47. The molecule has 0 saturated heterocycles. The van der Waals surface area contributed by atoms with Crippen LogP contribution in [0.1, 0.15) is 18.1 Å². The zero-order valence-corrected chi connectivity index (χ0v) is 8.47. The van der Waals surface area contributed by atoms with Gasteiger partial charge in [0, 0.05) is 6.04 Å². The summed E-state index contributed by atoms with van der Waals surface area (Å²) in [6, 6.07) is 5.58. The standard InChI is InChI=1S/C12H14FN/c1-8(14-2)9-6-7-11-10(9)4-3-5-12(11)13/h3-6,8,14H,7H2,1-2H3. The number of fused-ring (bicyclic) bond motifs is 1. The molecule has 0 aliphatic heterocycles. The normalized spacial score (nSPS) is 16.4. The fourth-order valence-electron chi connectivity index (χ4n) is 1.92. The lowest BCUT2D eigenvalue weighted by Gasteiger charge is -2.13. The van der Waals surface area contributed by atoms with Crippen molar-refractivity contribution >= 4 is 5.57 Å². The Kier molecular flexibility index (Phi) is 2.38. The second kappa shape index (κ2) is 3.54. The molecule has 0 heterocycles. The van der Waals surface area contributed by atoms with Gasteiger partial charge >= 0.3 is 0 Å². The highest BCUT2D eigenvalue weighted by Gasteiger charge is 2.20. The number of allylic oxidation sites excluding steroid dienone is 1. The molecule has 0 amide bonds. The highest BCUT2D eigenvalue weighted by molar-refractivity contribution is 5.76. The molecule has 2 heteroatoms. The second-order valence-corrected chi connectivity index (χ2v) is 3.64. The van der Waals surface area contributed by atoms with Gasteiger partial charge in [-0.2, -0.15) is 0 Å². The van der Waals surface area contributed by atoms with Crippen LogP contribution in [0.2, 0.25) is 0 Å². The molecule has 1 aromatic rings. The van der Waals surface area contributed by atoms with Crippen molar-refractivity contribution in [1.29, 1.82) is 0 Å². The molecule has 1 N–H and O–H groups in total. The third-order valence-corrected chi connectivity index (χ3v) is 2.86. The molecular weight excluding hydrogens is 177 g/mol. The monoisotopic (exact) mass is 191 g/mol. The quantitative estimate of drug-likeness (QED) is 0.756.